The quantitative estimate of drug-likeness (QED) is 0.857. The van der Waals surface area contributed by atoms with Gasteiger partial charge in [-0.1, -0.05) is 0 Å². The maximum Gasteiger partial charge on any atom is 0.407 e. The van der Waals surface area contributed by atoms with Crippen LogP contribution in [-0.4, -0.2) is 53.3 Å². The molecule has 0 spiro atoms. The van der Waals surface area contributed by atoms with Crippen molar-refractivity contribution in [2.24, 2.45) is 0 Å². The van der Waals surface area contributed by atoms with Gasteiger partial charge in [-0.2, -0.15) is 5.26 Å². The van der Waals surface area contributed by atoms with Crippen LogP contribution in [0.5, 0.6) is 0 Å². The van der Waals surface area contributed by atoms with Gasteiger partial charge in [0.25, 0.3) is 0 Å². The number of fused-ring (bicyclic) bond motifs is 1. The first-order valence-electron chi connectivity index (χ1n) is 7.29. The normalized spacial score (nSPS) is 20.2. The number of nitrogens with zero attached hydrogens (tertiary/aromatic N) is 3. The van der Waals surface area contributed by atoms with E-state index in [2.05, 4.69) is 0 Å². The fourth-order valence-electron chi connectivity index (χ4n) is 2.97. The molecule has 7 heteroatoms. The molecule has 1 saturated heterocycles. The van der Waals surface area contributed by atoms with Gasteiger partial charge in [0.05, 0.1) is 11.6 Å². The summed E-state index contributed by atoms with van der Waals surface area (Å²) in [5, 5.41) is 18.1. The van der Waals surface area contributed by atoms with E-state index in [1.165, 1.54) is 11.0 Å². The average Bonchev–Trinajstić information content (AvgIpc) is 2.54. The second-order valence-electron chi connectivity index (χ2n) is 5.63. The van der Waals surface area contributed by atoms with Gasteiger partial charge in [-0.25, -0.2) is 9.18 Å². The van der Waals surface area contributed by atoms with Crippen molar-refractivity contribution in [2.75, 3.05) is 26.2 Å². The minimum Gasteiger partial charge on any atom is -0.489 e. The first-order chi connectivity index (χ1) is 11.0. The molecular formula is C16H16FN3O3. The SMILES string of the molecule is Cc1c(C2=CN3CCN(C(=O)O)CC3CO2)ccc(F)c1C#N. The summed E-state index contributed by atoms with van der Waals surface area (Å²) in [6.07, 6.45) is 0.904. The monoisotopic (exact) mass is 317 g/mol. The van der Waals surface area contributed by atoms with Crippen molar-refractivity contribution in [1.29, 1.82) is 5.26 Å². The summed E-state index contributed by atoms with van der Waals surface area (Å²) in [6.45, 7) is 3.45. The summed E-state index contributed by atoms with van der Waals surface area (Å²) < 4.78 is 19.4. The van der Waals surface area contributed by atoms with E-state index in [-0.39, 0.29) is 11.6 Å². The van der Waals surface area contributed by atoms with Crippen LogP contribution in [0.15, 0.2) is 18.3 Å². The van der Waals surface area contributed by atoms with Gasteiger partial charge in [0.2, 0.25) is 0 Å². The molecule has 0 bridgehead atoms. The molecule has 1 fully saturated rings. The molecule has 6 nitrogen and oxygen atoms in total. The summed E-state index contributed by atoms with van der Waals surface area (Å²) in [5.74, 6) is 0.0390. The van der Waals surface area contributed by atoms with Gasteiger partial charge in [-0.15, -0.1) is 0 Å². The predicted octanol–water partition coefficient (Wildman–Crippen LogP) is 2.00. The highest BCUT2D eigenvalue weighted by Gasteiger charge is 2.32. The lowest BCUT2D eigenvalue weighted by Crippen LogP contribution is -2.55. The van der Waals surface area contributed by atoms with Gasteiger partial charge in [0, 0.05) is 31.4 Å². The number of amides is 1. The molecule has 1 amide bonds. The summed E-state index contributed by atoms with van der Waals surface area (Å²) in [7, 11) is 0. The number of carboxylic acid groups (broad SMARTS) is 1. The maximum absolute atomic E-state index is 13.6. The number of carbonyl (C=O) groups is 1. The van der Waals surface area contributed by atoms with Crippen LogP contribution in [0.25, 0.3) is 5.76 Å². The van der Waals surface area contributed by atoms with E-state index in [1.807, 2.05) is 17.2 Å². The van der Waals surface area contributed by atoms with Gasteiger partial charge in [0.15, 0.2) is 0 Å². The lowest BCUT2D eigenvalue weighted by Gasteiger charge is -2.42. The molecule has 23 heavy (non-hydrogen) atoms. The third kappa shape index (κ3) is 2.68. The first-order valence-corrected chi connectivity index (χ1v) is 7.29. The van der Waals surface area contributed by atoms with Gasteiger partial charge in [0.1, 0.15) is 24.3 Å². The van der Waals surface area contributed by atoms with Crippen LogP contribution in [0.2, 0.25) is 0 Å². The van der Waals surface area contributed by atoms with E-state index in [1.54, 1.807) is 13.0 Å². The van der Waals surface area contributed by atoms with Gasteiger partial charge < -0.3 is 19.6 Å². The van der Waals surface area contributed by atoms with Crippen LogP contribution in [-0.2, 0) is 4.74 Å². The number of halogens is 1. The van der Waals surface area contributed by atoms with Crippen molar-refractivity contribution in [3.05, 3.63) is 40.8 Å². The van der Waals surface area contributed by atoms with E-state index < -0.39 is 11.9 Å². The first kappa shape index (κ1) is 15.2. The molecule has 120 valence electrons. The molecule has 2 heterocycles. The van der Waals surface area contributed by atoms with Gasteiger partial charge in [-0.05, 0) is 24.6 Å². The molecule has 1 aromatic rings. The number of ether oxygens (including phenoxy) is 1. The van der Waals surface area contributed by atoms with Crippen LogP contribution in [0.4, 0.5) is 9.18 Å². The number of piperazine rings is 1. The molecular weight excluding hydrogens is 301 g/mol. The Bertz CT molecular complexity index is 726. The third-order valence-electron chi connectivity index (χ3n) is 4.30. The van der Waals surface area contributed by atoms with Crippen molar-refractivity contribution in [2.45, 2.75) is 13.0 Å². The van der Waals surface area contributed by atoms with Crippen LogP contribution >= 0.6 is 0 Å². The summed E-state index contributed by atoms with van der Waals surface area (Å²) in [4.78, 5) is 14.5. The molecule has 0 aliphatic carbocycles. The second kappa shape index (κ2) is 5.80. The third-order valence-corrected chi connectivity index (χ3v) is 4.30. The zero-order chi connectivity index (χ0) is 16.6. The number of rotatable bonds is 1. The highest BCUT2D eigenvalue weighted by atomic mass is 19.1. The van der Waals surface area contributed by atoms with Crippen molar-refractivity contribution in [3.63, 3.8) is 0 Å². The van der Waals surface area contributed by atoms with Crippen molar-refractivity contribution >= 4 is 11.9 Å². The molecule has 3 rings (SSSR count). The molecule has 1 atom stereocenters. The standard InChI is InChI=1S/C16H16FN3O3/c1-10-12(2-3-14(17)13(10)6-18)15-8-19-4-5-20(16(21)22)7-11(19)9-23-15/h2-3,8,11H,4-5,7,9H2,1H3,(H,21,22). The van der Waals surface area contributed by atoms with Crippen LogP contribution < -0.4 is 0 Å². The van der Waals surface area contributed by atoms with Crippen molar-refractivity contribution in [3.8, 4) is 6.07 Å². The Balaban J connectivity index is 1.87. The molecule has 0 aromatic heterocycles. The number of hydrogen-bond donors (Lipinski definition) is 1. The average molecular weight is 317 g/mol. The molecule has 2 aliphatic rings. The Labute approximate surface area is 133 Å². The zero-order valence-electron chi connectivity index (χ0n) is 12.6. The lowest BCUT2D eigenvalue weighted by atomic mass is 10.0. The smallest absolute Gasteiger partial charge is 0.407 e. The summed E-state index contributed by atoms with van der Waals surface area (Å²) >= 11 is 0. The number of benzene rings is 1. The Kier molecular flexibility index (Phi) is 3.82. The zero-order valence-corrected chi connectivity index (χ0v) is 12.6. The number of hydrogen-bond acceptors (Lipinski definition) is 4. The fraction of sp³-hybridized carbons (Fsp3) is 0.375. The Morgan fingerprint density at radius 2 is 2.26 bits per heavy atom. The second-order valence-corrected chi connectivity index (χ2v) is 5.63. The molecule has 1 unspecified atom stereocenters. The maximum atomic E-state index is 13.6. The highest BCUT2D eigenvalue weighted by Crippen LogP contribution is 2.29. The topological polar surface area (TPSA) is 76.8 Å². The van der Waals surface area contributed by atoms with Crippen LogP contribution in [0, 0.1) is 24.1 Å². The van der Waals surface area contributed by atoms with E-state index in [9.17, 15) is 9.18 Å². The van der Waals surface area contributed by atoms with Crippen LogP contribution in [0.1, 0.15) is 16.7 Å². The fourth-order valence-corrected chi connectivity index (χ4v) is 2.97. The Hall–Kier alpha value is -2.75. The van der Waals surface area contributed by atoms with Gasteiger partial charge in [-0.3, -0.25) is 0 Å². The molecule has 0 radical (unpaired) electrons. The lowest BCUT2D eigenvalue weighted by molar-refractivity contribution is 0.0520. The Morgan fingerprint density at radius 3 is 2.96 bits per heavy atom. The molecule has 1 N–H and O–H groups in total. The van der Waals surface area contributed by atoms with E-state index in [0.29, 0.717) is 43.1 Å². The molecule has 2 aliphatic heterocycles. The molecule has 1 aromatic carbocycles. The van der Waals surface area contributed by atoms with Crippen molar-refractivity contribution < 1.29 is 19.0 Å². The van der Waals surface area contributed by atoms with Gasteiger partial charge >= 0.3 is 6.09 Å². The largest absolute Gasteiger partial charge is 0.489 e. The summed E-state index contributed by atoms with van der Waals surface area (Å²) in [5.41, 5.74) is 1.24. The summed E-state index contributed by atoms with van der Waals surface area (Å²) in [6, 6.07) is 4.71. The molecule has 0 saturated carbocycles. The van der Waals surface area contributed by atoms with E-state index >= 15 is 0 Å². The highest BCUT2D eigenvalue weighted by molar-refractivity contribution is 5.67. The van der Waals surface area contributed by atoms with Crippen LogP contribution in [0.3, 0.4) is 0 Å². The van der Waals surface area contributed by atoms with E-state index in [0.717, 1.165) is 0 Å². The Morgan fingerprint density at radius 1 is 1.48 bits per heavy atom. The predicted molar refractivity (Wildman–Crippen MR) is 79.9 cm³/mol. The minimum absolute atomic E-state index is 0.0184. The minimum atomic E-state index is -0.924. The van der Waals surface area contributed by atoms with E-state index in [4.69, 9.17) is 15.1 Å². The van der Waals surface area contributed by atoms with Crippen molar-refractivity contribution in [1.82, 2.24) is 9.80 Å². The number of nitriles is 1.